The molecule has 2 aromatic rings. The lowest BCUT2D eigenvalue weighted by Gasteiger charge is -2.20. The third-order valence-electron chi connectivity index (χ3n) is 4.19. The van der Waals surface area contributed by atoms with Crippen LogP contribution in [0.25, 0.3) is 0 Å². The van der Waals surface area contributed by atoms with Gasteiger partial charge in [0.1, 0.15) is 0 Å². The summed E-state index contributed by atoms with van der Waals surface area (Å²) in [5.41, 5.74) is 1.96. The van der Waals surface area contributed by atoms with E-state index in [4.69, 9.17) is 21.1 Å². The molecule has 0 aliphatic rings. The summed E-state index contributed by atoms with van der Waals surface area (Å²) < 4.78 is 35.8. The van der Waals surface area contributed by atoms with Crippen LogP contribution in [-0.2, 0) is 15.4 Å². The zero-order valence-corrected chi connectivity index (χ0v) is 18.4. The zero-order chi connectivity index (χ0) is 21.1. The van der Waals surface area contributed by atoms with Crippen molar-refractivity contribution in [2.45, 2.75) is 38.0 Å². The van der Waals surface area contributed by atoms with Gasteiger partial charge in [-0.05, 0) is 47.2 Å². The lowest BCUT2D eigenvalue weighted by molar-refractivity contribution is 0.355. The first-order valence-corrected chi connectivity index (χ1v) is 10.4. The zero-order valence-electron chi connectivity index (χ0n) is 16.8. The van der Waals surface area contributed by atoms with Gasteiger partial charge in [0.05, 0.1) is 30.4 Å². The van der Waals surface area contributed by atoms with Gasteiger partial charge in [0, 0.05) is 0 Å². The van der Waals surface area contributed by atoms with Gasteiger partial charge in [0.15, 0.2) is 11.5 Å². The van der Waals surface area contributed by atoms with Crippen molar-refractivity contribution in [2.75, 3.05) is 14.2 Å². The summed E-state index contributed by atoms with van der Waals surface area (Å²) >= 11 is 6.15. The fourth-order valence-corrected chi connectivity index (χ4v) is 3.95. The number of hydrogen-bond donors (Lipinski definition) is 1. The molecule has 8 heteroatoms. The third kappa shape index (κ3) is 4.97. The number of methoxy groups -OCH3 is 2. The molecule has 28 heavy (non-hydrogen) atoms. The van der Waals surface area contributed by atoms with E-state index in [0.717, 1.165) is 5.56 Å². The van der Waals surface area contributed by atoms with Crippen molar-refractivity contribution in [3.8, 4) is 11.5 Å². The number of halogens is 1. The highest BCUT2D eigenvalue weighted by atomic mass is 35.5. The Labute approximate surface area is 171 Å². The summed E-state index contributed by atoms with van der Waals surface area (Å²) in [6, 6.07) is 8.66. The van der Waals surface area contributed by atoms with Gasteiger partial charge in [0.2, 0.25) is 0 Å². The molecule has 152 valence electrons. The predicted octanol–water partition coefficient (Wildman–Crippen LogP) is 4.28. The maximum absolute atomic E-state index is 12.7. The average molecular weight is 425 g/mol. The second-order valence-electron chi connectivity index (χ2n) is 7.32. The van der Waals surface area contributed by atoms with Crippen LogP contribution in [0, 0.1) is 6.92 Å². The molecule has 2 aromatic carbocycles. The van der Waals surface area contributed by atoms with Crippen LogP contribution in [0.1, 0.15) is 37.5 Å². The molecule has 0 aromatic heterocycles. The van der Waals surface area contributed by atoms with Crippen LogP contribution < -0.4 is 14.3 Å². The average Bonchev–Trinajstić information content (AvgIpc) is 2.60. The van der Waals surface area contributed by atoms with Gasteiger partial charge in [-0.15, -0.1) is 0 Å². The number of nitrogens with one attached hydrogen (secondary N) is 1. The van der Waals surface area contributed by atoms with Crippen LogP contribution in [0.2, 0.25) is 5.02 Å². The van der Waals surface area contributed by atoms with Crippen molar-refractivity contribution >= 4 is 27.8 Å². The van der Waals surface area contributed by atoms with E-state index in [0.29, 0.717) is 27.6 Å². The van der Waals surface area contributed by atoms with Crippen LogP contribution in [0.3, 0.4) is 0 Å². The monoisotopic (exact) mass is 424 g/mol. The molecular formula is C20H25ClN2O4S. The van der Waals surface area contributed by atoms with Crippen LogP contribution in [0.4, 0.5) is 0 Å². The molecule has 0 spiro atoms. The Morgan fingerprint density at radius 3 is 2.36 bits per heavy atom. The van der Waals surface area contributed by atoms with Crippen molar-refractivity contribution in [1.29, 1.82) is 0 Å². The summed E-state index contributed by atoms with van der Waals surface area (Å²) in [5.74, 6) is 0.824. The first kappa shape index (κ1) is 22.0. The molecular weight excluding hydrogens is 400 g/mol. The molecule has 0 bridgehead atoms. The van der Waals surface area contributed by atoms with E-state index in [1.165, 1.54) is 20.4 Å². The Morgan fingerprint density at radius 1 is 1.11 bits per heavy atom. The molecule has 0 aliphatic heterocycles. The molecule has 0 fully saturated rings. The molecule has 2 rings (SSSR count). The Bertz CT molecular complexity index is 996. The predicted molar refractivity (Wildman–Crippen MR) is 112 cm³/mol. The molecule has 0 atom stereocenters. The number of hydrogen-bond acceptors (Lipinski definition) is 5. The van der Waals surface area contributed by atoms with Gasteiger partial charge < -0.3 is 9.47 Å². The fraction of sp³-hybridized carbons (Fsp3) is 0.350. The van der Waals surface area contributed by atoms with Crippen LogP contribution in [0.5, 0.6) is 11.5 Å². The molecule has 0 aliphatic carbocycles. The minimum Gasteiger partial charge on any atom is -0.493 e. The number of rotatable bonds is 6. The Hall–Kier alpha value is -2.25. The van der Waals surface area contributed by atoms with Crippen LogP contribution in [0.15, 0.2) is 40.3 Å². The van der Waals surface area contributed by atoms with Crippen molar-refractivity contribution in [3.05, 3.63) is 52.0 Å². The smallest absolute Gasteiger partial charge is 0.276 e. The standard InChI is InChI=1S/C20H25ClN2O4S/c1-13-7-8-15(20(2,3)4)11-18(13)28(24,25)23-22-12-14-9-16(21)19(27-6)17(10-14)26-5/h7-12,23H,1-6H3/b22-12+. The normalized spacial score (nSPS) is 12.2. The summed E-state index contributed by atoms with van der Waals surface area (Å²) in [6.07, 6.45) is 1.36. The van der Waals surface area contributed by atoms with Gasteiger partial charge in [-0.3, -0.25) is 0 Å². The Morgan fingerprint density at radius 2 is 1.79 bits per heavy atom. The maximum atomic E-state index is 12.7. The Balaban J connectivity index is 2.30. The van der Waals surface area contributed by atoms with Crippen molar-refractivity contribution in [2.24, 2.45) is 5.10 Å². The van der Waals surface area contributed by atoms with E-state index in [2.05, 4.69) is 9.93 Å². The first-order chi connectivity index (χ1) is 13.0. The molecule has 0 radical (unpaired) electrons. The summed E-state index contributed by atoms with van der Waals surface area (Å²) in [5, 5.41) is 4.21. The minimum atomic E-state index is -3.82. The summed E-state index contributed by atoms with van der Waals surface area (Å²) in [6.45, 7) is 7.83. The molecule has 0 unspecified atom stereocenters. The highest BCUT2D eigenvalue weighted by molar-refractivity contribution is 7.89. The highest BCUT2D eigenvalue weighted by Gasteiger charge is 2.21. The first-order valence-electron chi connectivity index (χ1n) is 8.57. The van der Waals surface area contributed by atoms with Crippen molar-refractivity contribution < 1.29 is 17.9 Å². The van der Waals surface area contributed by atoms with E-state index in [-0.39, 0.29) is 10.3 Å². The number of nitrogens with zero attached hydrogens (tertiary/aromatic N) is 1. The van der Waals surface area contributed by atoms with Crippen LogP contribution in [-0.4, -0.2) is 28.9 Å². The number of aryl methyl sites for hydroxylation is 1. The van der Waals surface area contributed by atoms with Gasteiger partial charge >= 0.3 is 0 Å². The largest absolute Gasteiger partial charge is 0.493 e. The second-order valence-corrected chi connectivity index (χ2v) is 9.36. The second kappa shape index (κ2) is 8.41. The summed E-state index contributed by atoms with van der Waals surface area (Å²) in [7, 11) is -0.845. The topological polar surface area (TPSA) is 77.0 Å². The number of benzene rings is 2. The minimum absolute atomic E-state index is 0.169. The number of sulfonamides is 1. The highest BCUT2D eigenvalue weighted by Crippen LogP contribution is 2.35. The Kier molecular flexibility index (Phi) is 6.62. The van der Waals surface area contributed by atoms with E-state index >= 15 is 0 Å². The SMILES string of the molecule is COc1cc(/C=N/NS(=O)(=O)c2cc(C(C)(C)C)ccc2C)cc(Cl)c1OC. The van der Waals surface area contributed by atoms with Gasteiger partial charge in [-0.2, -0.15) is 13.5 Å². The molecule has 6 nitrogen and oxygen atoms in total. The number of hydrazone groups is 1. The molecule has 0 heterocycles. The van der Waals surface area contributed by atoms with E-state index in [1.807, 2.05) is 26.8 Å². The molecule has 0 amide bonds. The fourth-order valence-electron chi connectivity index (χ4n) is 2.59. The third-order valence-corrected chi connectivity index (χ3v) is 5.83. The lowest BCUT2D eigenvalue weighted by atomic mass is 9.87. The lowest BCUT2D eigenvalue weighted by Crippen LogP contribution is -2.21. The number of ether oxygens (including phenoxy) is 2. The van der Waals surface area contributed by atoms with Crippen LogP contribution >= 0.6 is 11.6 Å². The van der Waals surface area contributed by atoms with Gasteiger partial charge in [0.25, 0.3) is 10.0 Å². The maximum Gasteiger partial charge on any atom is 0.276 e. The van der Waals surface area contributed by atoms with Gasteiger partial charge in [-0.25, -0.2) is 4.83 Å². The molecule has 0 saturated heterocycles. The quantitative estimate of drug-likeness (QED) is 0.554. The van der Waals surface area contributed by atoms with Crippen molar-refractivity contribution in [3.63, 3.8) is 0 Å². The van der Waals surface area contributed by atoms with Crippen molar-refractivity contribution in [1.82, 2.24) is 4.83 Å². The summed E-state index contributed by atoms with van der Waals surface area (Å²) in [4.78, 5) is 2.45. The molecule has 0 saturated carbocycles. The van der Waals surface area contributed by atoms with Gasteiger partial charge in [-0.1, -0.05) is 44.5 Å². The van der Waals surface area contributed by atoms with E-state index < -0.39 is 10.0 Å². The van der Waals surface area contributed by atoms with E-state index in [9.17, 15) is 8.42 Å². The molecule has 1 N–H and O–H groups in total. The van der Waals surface area contributed by atoms with E-state index in [1.54, 1.807) is 31.2 Å².